The van der Waals surface area contributed by atoms with Gasteiger partial charge in [0.2, 0.25) is 0 Å². The summed E-state index contributed by atoms with van der Waals surface area (Å²) in [6, 6.07) is 3.55. The summed E-state index contributed by atoms with van der Waals surface area (Å²) >= 11 is 0. The number of pyridine rings is 1. The minimum atomic E-state index is 0. The number of hydrogen-bond donors (Lipinski definition) is 0. The summed E-state index contributed by atoms with van der Waals surface area (Å²) in [5.41, 5.74) is 1.56. The SMILES string of the molecule is C.Cc1ccc(C=O)cn1. The summed E-state index contributed by atoms with van der Waals surface area (Å²) in [5, 5.41) is 0. The summed E-state index contributed by atoms with van der Waals surface area (Å²) in [4.78, 5) is 14.0. The second-order valence-corrected chi connectivity index (χ2v) is 1.85. The van der Waals surface area contributed by atoms with Gasteiger partial charge >= 0.3 is 0 Å². The first kappa shape index (κ1) is 8.82. The third-order valence-electron chi connectivity index (χ3n) is 1.07. The monoisotopic (exact) mass is 137 g/mol. The quantitative estimate of drug-likeness (QED) is 0.553. The summed E-state index contributed by atoms with van der Waals surface area (Å²) < 4.78 is 0. The Labute approximate surface area is 60.9 Å². The van der Waals surface area contributed by atoms with E-state index in [4.69, 9.17) is 0 Å². The Kier molecular flexibility index (Phi) is 3.33. The number of aromatic nitrogens is 1. The van der Waals surface area contributed by atoms with Crippen LogP contribution in [0.1, 0.15) is 23.5 Å². The van der Waals surface area contributed by atoms with Crippen molar-refractivity contribution in [1.82, 2.24) is 4.98 Å². The van der Waals surface area contributed by atoms with E-state index in [9.17, 15) is 4.79 Å². The second kappa shape index (κ2) is 3.77. The lowest BCUT2D eigenvalue weighted by Crippen LogP contribution is -1.82. The van der Waals surface area contributed by atoms with Crippen LogP contribution in [0, 0.1) is 6.92 Å². The van der Waals surface area contributed by atoms with E-state index < -0.39 is 0 Å². The zero-order chi connectivity index (χ0) is 6.69. The topological polar surface area (TPSA) is 30.0 Å². The molecule has 0 unspecified atom stereocenters. The number of carbonyl (C=O) groups is 1. The van der Waals surface area contributed by atoms with Gasteiger partial charge in [-0.25, -0.2) is 0 Å². The van der Waals surface area contributed by atoms with Gasteiger partial charge in [-0.2, -0.15) is 0 Å². The number of hydrogen-bond acceptors (Lipinski definition) is 2. The molecule has 2 nitrogen and oxygen atoms in total. The van der Waals surface area contributed by atoms with E-state index in [1.807, 2.05) is 13.0 Å². The highest BCUT2D eigenvalue weighted by Crippen LogP contribution is 1.94. The van der Waals surface area contributed by atoms with Gasteiger partial charge in [-0.1, -0.05) is 7.43 Å². The molecule has 54 valence electrons. The molecule has 1 aromatic rings. The summed E-state index contributed by atoms with van der Waals surface area (Å²) in [7, 11) is 0. The summed E-state index contributed by atoms with van der Waals surface area (Å²) in [6.07, 6.45) is 2.34. The molecular formula is C8H11NO. The van der Waals surface area contributed by atoms with Gasteiger partial charge in [-0.3, -0.25) is 9.78 Å². The Morgan fingerprint density at radius 2 is 2.20 bits per heavy atom. The Bertz CT molecular complexity index is 203. The van der Waals surface area contributed by atoms with Crippen LogP contribution in [0.25, 0.3) is 0 Å². The van der Waals surface area contributed by atoms with Crippen LogP contribution in [0.3, 0.4) is 0 Å². The fourth-order valence-electron chi connectivity index (χ4n) is 0.549. The summed E-state index contributed by atoms with van der Waals surface area (Å²) in [5.74, 6) is 0. The number of aryl methyl sites for hydroxylation is 1. The normalized spacial score (nSPS) is 8.10. The molecule has 0 amide bonds. The molecule has 10 heavy (non-hydrogen) atoms. The third kappa shape index (κ3) is 1.97. The van der Waals surface area contributed by atoms with Gasteiger partial charge < -0.3 is 0 Å². The molecule has 0 aliphatic carbocycles. The highest BCUT2D eigenvalue weighted by atomic mass is 16.1. The number of carbonyl (C=O) groups excluding carboxylic acids is 1. The van der Waals surface area contributed by atoms with Crippen molar-refractivity contribution in [2.24, 2.45) is 0 Å². The van der Waals surface area contributed by atoms with Crippen molar-refractivity contribution in [2.45, 2.75) is 14.4 Å². The first-order chi connectivity index (χ1) is 4.33. The lowest BCUT2D eigenvalue weighted by molar-refractivity contribution is 0.112. The Morgan fingerprint density at radius 3 is 2.60 bits per heavy atom. The molecule has 0 radical (unpaired) electrons. The number of nitrogens with zero attached hydrogens (tertiary/aromatic N) is 1. The maximum absolute atomic E-state index is 10.1. The molecule has 0 atom stereocenters. The number of aldehydes is 1. The molecule has 0 aliphatic rings. The van der Waals surface area contributed by atoms with Crippen molar-refractivity contribution in [3.63, 3.8) is 0 Å². The van der Waals surface area contributed by atoms with E-state index in [-0.39, 0.29) is 7.43 Å². The van der Waals surface area contributed by atoms with E-state index in [0.717, 1.165) is 12.0 Å². The van der Waals surface area contributed by atoms with Crippen molar-refractivity contribution in [3.05, 3.63) is 29.6 Å². The average molecular weight is 137 g/mol. The Morgan fingerprint density at radius 1 is 1.50 bits per heavy atom. The molecule has 0 aromatic carbocycles. The minimum Gasteiger partial charge on any atom is -0.298 e. The van der Waals surface area contributed by atoms with E-state index >= 15 is 0 Å². The van der Waals surface area contributed by atoms with Crippen molar-refractivity contribution in [3.8, 4) is 0 Å². The Hall–Kier alpha value is -1.18. The Balaban J connectivity index is 0.000000810. The first-order valence-electron chi connectivity index (χ1n) is 2.71. The lowest BCUT2D eigenvalue weighted by atomic mass is 10.3. The van der Waals surface area contributed by atoms with Crippen LogP contribution in [-0.4, -0.2) is 11.3 Å². The van der Waals surface area contributed by atoms with Gasteiger partial charge in [0.25, 0.3) is 0 Å². The zero-order valence-electron chi connectivity index (χ0n) is 5.16. The van der Waals surface area contributed by atoms with Crippen LogP contribution in [0.15, 0.2) is 18.3 Å². The maximum atomic E-state index is 10.1. The molecule has 1 aromatic heterocycles. The molecule has 0 saturated heterocycles. The molecule has 0 saturated carbocycles. The molecule has 0 aliphatic heterocycles. The second-order valence-electron chi connectivity index (χ2n) is 1.85. The highest BCUT2D eigenvalue weighted by molar-refractivity contribution is 5.73. The molecule has 1 heterocycles. The molecule has 0 N–H and O–H groups in total. The molecule has 0 spiro atoms. The van der Waals surface area contributed by atoms with Gasteiger partial charge in [0.15, 0.2) is 6.29 Å². The van der Waals surface area contributed by atoms with Crippen LogP contribution in [0.2, 0.25) is 0 Å². The van der Waals surface area contributed by atoms with Crippen molar-refractivity contribution >= 4 is 6.29 Å². The third-order valence-corrected chi connectivity index (χ3v) is 1.07. The molecule has 1 rings (SSSR count). The summed E-state index contributed by atoms with van der Waals surface area (Å²) in [6.45, 7) is 1.88. The first-order valence-corrected chi connectivity index (χ1v) is 2.71. The average Bonchev–Trinajstić information content (AvgIpc) is 1.90. The maximum Gasteiger partial charge on any atom is 0.151 e. The van der Waals surface area contributed by atoms with Crippen molar-refractivity contribution in [2.75, 3.05) is 0 Å². The van der Waals surface area contributed by atoms with Gasteiger partial charge in [0, 0.05) is 17.5 Å². The molecule has 2 heteroatoms. The van der Waals surface area contributed by atoms with E-state index in [0.29, 0.717) is 5.56 Å². The smallest absolute Gasteiger partial charge is 0.151 e. The van der Waals surface area contributed by atoms with Crippen LogP contribution < -0.4 is 0 Å². The van der Waals surface area contributed by atoms with Crippen LogP contribution in [-0.2, 0) is 0 Å². The van der Waals surface area contributed by atoms with Gasteiger partial charge in [-0.05, 0) is 19.1 Å². The minimum absolute atomic E-state index is 0. The lowest BCUT2D eigenvalue weighted by Gasteiger charge is -1.88. The van der Waals surface area contributed by atoms with Gasteiger partial charge in [-0.15, -0.1) is 0 Å². The predicted octanol–water partition coefficient (Wildman–Crippen LogP) is 1.84. The largest absolute Gasteiger partial charge is 0.298 e. The van der Waals surface area contributed by atoms with Crippen LogP contribution >= 0.6 is 0 Å². The molecule has 0 fully saturated rings. The van der Waals surface area contributed by atoms with E-state index in [2.05, 4.69) is 4.98 Å². The fourth-order valence-corrected chi connectivity index (χ4v) is 0.549. The van der Waals surface area contributed by atoms with Crippen molar-refractivity contribution in [1.29, 1.82) is 0 Å². The van der Waals surface area contributed by atoms with Crippen LogP contribution in [0.4, 0.5) is 0 Å². The van der Waals surface area contributed by atoms with Crippen molar-refractivity contribution < 1.29 is 4.79 Å². The standard InChI is InChI=1S/C7H7NO.CH4/c1-6-2-3-7(5-9)4-8-6;/h2-5H,1H3;1H4. The molecular weight excluding hydrogens is 126 g/mol. The molecule has 0 bridgehead atoms. The van der Waals surface area contributed by atoms with E-state index in [1.54, 1.807) is 12.3 Å². The highest BCUT2D eigenvalue weighted by Gasteiger charge is 1.86. The predicted molar refractivity (Wildman–Crippen MR) is 41.1 cm³/mol. The fraction of sp³-hybridized carbons (Fsp3) is 0.250. The number of rotatable bonds is 1. The van der Waals surface area contributed by atoms with Gasteiger partial charge in [0.1, 0.15) is 0 Å². The van der Waals surface area contributed by atoms with Crippen LogP contribution in [0.5, 0.6) is 0 Å². The zero-order valence-corrected chi connectivity index (χ0v) is 5.16. The van der Waals surface area contributed by atoms with Gasteiger partial charge in [0.05, 0.1) is 0 Å². The van der Waals surface area contributed by atoms with E-state index in [1.165, 1.54) is 0 Å².